The third-order valence-corrected chi connectivity index (χ3v) is 1.73. The molecule has 0 fully saturated rings. The van der Waals surface area contributed by atoms with Gasteiger partial charge in [0.1, 0.15) is 5.82 Å². The molecule has 0 heterocycles. The van der Waals surface area contributed by atoms with E-state index in [9.17, 15) is 9.18 Å². The molecular weight excluding hydrogens is 199 g/mol. The van der Waals surface area contributed by atoms with Gasteiger partial charge in [-0.3, -0.25) is 0 Å². The zero-order valence-corrected chi connectivity index (χ0v) is 7.12. The zero-order valence-electron chi connectivity index (χ0n) is 6.37. The lowest BCUT2D eigenvalue weighted by Crippen LogP contribution is -2.11. The van der Waals surface area contributed by atoms with Crippen LogP contribution in [-0.2, 0) is 4.79 Å². The molecule has 13 heavy (non-hydrogen) atoms. The molecule has 0 unspecified atom stereocenters. The van der Waals surface area contributed by atoms with Crippen molar-refractivity contribution in [2.75, 3.05) is 0 Å². The van der Waals surface area contributed by atoms with Gasteiger partial charge in [0.25, 0.3) is 0 Å². The van der Waals surface area contributed by atoms with Gasteiger partial charge in [0, 0.05) is 10.6 Å². The quantitative estimate of drug-likeness (QED) is 0.769. The number of rotatable bonds is 2. The van der Waals surface area contributed by atoms with E-state index in [0.717, 1.165) is 12.1 Å². The van der Waals surface area contributed by atoms with Gasteiger partial charge in [-0.2, -0.15) is 0 Å². The lowest BCUT2D eigenvalue weighted by molar-refractivity contribution is -0.147. The molecule has 0 spiro atoms. The van der Waals surface area contributed by atoms with Crippen LogP contribution >= 0.6 is 11.6 Å². The molecular formula is C8H6ClFO3. The number of carboxylic acids is 1. The average molecular weight is 205 g/mol. The Hall–Kier alpha value is -1.13. The van der Waals surface area contributed by atoms with Crippen molar-refractivity contribution >= 4 is 17.6 Å². The molecule has 0 aliphatic heterocycles. The van der Waals surface area contributed by atoms with Crippen molar-refractivity contribution in [1.29, 1.82) is 0 Å². The van der Waals surface area contributed by atoms with E-state index < -0.39 is 17.9 Å². The van der Waals surface area contributed by atoms with Gasteiger partial charge in [0.05, 0.1) is 0 Å². The van der Waals surface area contributed by atoms with Gasteiger partial charge in [-0.15, -0.1) is 0 Å². The van der Waals surface area contributed by atoms with Crippen molar-refractivity contribution in [2.24, 2.45) is 0 Å². The minimum absolute atomic E-state index is 0.152. The molecule has 0 saturated carbocycles. The van der Waals surface area contributed by atoms with E-state index in [1.165, 1.54) is 6.07 Å². The summed E-state index contributed by atoms with van der Waals surface area (Å²) in [7, 11) is 0. The van der Waals surface area contributed by atoms with Gasteiger partial charge < -0.3 is 10.2 Å². The van der Waals surface area contributed by atoms with Crippen LogP contribution in [0.25, 0.3) is 0 Å². The monoisotopic (exact) mass is 204 g/mol. The van der Waals surface area contributed by atoms with Crippen LogP contribution in [0.3, 0.4) is 0 Å². The first kappa shape index (κ1) is 9.95. The fourth-order valence-electron chi connectivity index (χ4n) is 0.856. The summed E-state index contributed by atoms with van der Waals surface area (Å²) in [6.45, 7) is 0. The number of carboxylic acid groups (broad SMARTS) is 1. The third kappa shape index (κ3) is 2.17. The van der Waals surface area contributed by atoms with Crippen molar-refractivity contribution in [3.63, 3.8) is 0 Å². The summed E-state index contributed by atoms with van der Waals surface area (Å²) in [4.78, 5) is 10.3. The Kier molecular flexibility index (Phi) is 2.85. The number of aliphatic hydroxyl groups is 1. The van der Waals surface area contributed by atoms with Crippen LogP contribution in [0.15, 0.2) is 18.2 Å². The van der Waals surface area contributed by atoms with E-state index in [1.807, 2.05) is 0 Å². The SMILES string of the molecule is O=C(O)[C@@H](O)c1ccc(Cl)cc1F. The number of aliphatic hydroxyl groups excluding tert-OH is 1. The van der Waals surface area contributed by atoms with Gasteiger partial charge in [0.15, 0.2) is 6.10 Å². The second kappa shape index (κ2) is 3.72. The molecule has 1 aromatic rings. The predicted octanol–water partition coefficient (Wildman–Crippen LogP) is 1.60. The van der Waals surface area contributed by atoms with Crippen molar-refractivity contribution in [3.05, 3.63) is 34.6 Å². The maximum atomic E-state index is 13.0. The van der Waals surface area contributed by atoms with Crippen LogP contribution in [-0.4, -0.2) is 16.2 Å². The van der Waals surface area contributed by atoms with Crippen molar-refractivity contribution in [1.82, 2.24) is 0 Å². The topological polar surface area (TPSA) is 57.5 Å². The molecule has 0 amide bonds. The Morgan fingerprint density at radius 3 is 2.62 bits per heavy atom. The maximum Gasteiger partial charge on any atom is 0.337 e. The number of benzene rings is 1. The molecule has 0 aliphatic rings. The Labute approximate surface area is 78.4 Å². The molecule has 0 bridgehead atoms. The molecule has 70 valence electrons. The van der Waals surface area contributed by atoms with E-state index in [4.69, 9.17) is 21.8 Å². The molecule has 2 N–H and O–H groups in total. The molecule has 1 atom stereocenters. The molecule has 5 heteroatoms. The number of aliphatic carboxylic acids is 1. The van der Waals surface area contributed by atoms with Crippen molar-refractivity contribution in [2.45, 2.75) is 6.10 Å². The van der Waals surface area contributed by atoms with Crippen LogP contribution in [0.4, 0.5) is 4.39 Å². The van der Waals surface area contributed by atoms with Crippen molar-refractivity contribution < 1.29 is 19.4 Å². The van der Waals surface area contributed by atoms with Gasteiger partial charge in [-0.05, 0) is 12.1 Å². The normalized spacial score (nSPS) is 12.5. The van der Waals surface area contributed by atoms with E-state index in [-0.39, 0.29) is 10.6 Å². The van der Waals surface area contributed by atoms with Crippen LogP contribution in [0.2, 0.25) is 5.02 Å². The number of hydrogen-bond acceptors (Lipinski definition) is 2. The van der Waals surface area contributed by atoms with Crippen LogP contribution in [0, 0.1) is 5.82 Å². The molecule has 1 aromatic carbocycles. The van der Waals surface area contributed by atoms with E-state index in [2.05, 4.69) is 0 Å². The highest BCUT2D eigenvalue weighted by atomic mass is 35.5. The lowest BCUT2D eigenvalue weighted by Gasteiger charge is -2.06. The average Bonchev–Trinajstić information content (AvgIpc) is 2.03. The number of halogens is 2. The fourth-order valence-corrected chi connectivity index (χ4v) is 1.02. The Morgan fingerprint density at radius 1 is 1.54 bits per heavy atom. The molecule has 3 nitrogen and oxygen atoms in total. The fraction of sp³-hybridized carbons (Fsp3) is 0.125. The standard InChI is InChI=1S/C8H6ClFO3/c9-4-1-2-5(6(10)3-4)7(11)8(12)13/h1-3,7,11H,(H,12,13)/t7-/m0/s1. The summed E-state index contributed by atoms with van der Waals surface area (Å²) >= 11 is 5.43. The van der Waals surface area contributed by atoms with E-state index >= 15 is 0 Å². The Balaban J connectivity index is 3.08. The van der Waals surface area contributed by atoms with Crippen LogP contribution in [0.5, 0.6) is 0 Å². The van der Waals surface area contributed by atoms with Crippen LogP contribution in [0.1, 0.15) is 11.7 Å². The lowest BCUT2D eigenvalue weighted by atomic mass is 10.1. The third-order valence-electron chi connectivity index (χ3n) is 1.49. The number of carbonyl (C=O) groups is 1. The minimum atomic E-state index is -1.85. The molecule has 1 rings (SSSR count). The maximum absolute atomic E-state index is 13.0. The molecule has 0 radical (unpaired) electrons. The molecule has 0 aromatic heterocycles. The summed E-state index contributed by atoms with van der Waals surface area (Å²) in [6.07, 6.45) is -1.85. The predicted molar refractivity (Wildman–Crippen MR) is 44.0 cm³/mol. The van der Waals surface area contributed by atoms with E-state index in [0.29, 0.717) is 0 Å². The largest absolute Gasteiger partial charge is 0.479 e. The highest BCUT2D eigenvalue weighted by Gasteiger charge is 2.19. The summed E-state index contributed by atoms with van der Waals surface area (Å²) in [6, 6.07) is 3.39. The minimum Gasteiger partial charge on any atom is -0.479 e. The van der Waals surface area contributed by atoms with Crippen molar-refractivity contribution in [3.8, 4) is 0 Å². The summed E-state index contributed by atoms with van der Waals surface area (Å²) in [5.74, 6) is -2.33. The molecule has 0 aliphatic carbocycles. The van der Waals surface area contributed by atoms with Gasteiger partial charge in [-0.25, -0.2) is 9.18 Å². The van der Waals surface area contributed by atoms with E-state index in [1.54, 1.807) is 0 Å². The summed E-state index contributed by atoms with van der Waals surface area (Å²) in [5, 5.41) is 17.5. The molecule has 0 saturated heterocycles. The Morgan fingerprint density at radius 2 is 2.15 bits per heavy atom. The Bertz CT molecular complexity index is 340. The van der Waals surface area contributed by atoms with Crippen LogP contribution < -0.4 is 0 Å². The second-order valence-corrected chi connectivity index (χ2v) is 2.84. The second-order valence-electron chi connectivity index (χ2n) is 2.41. The highest BCUT2D eigenvalue weighted by molar-refractivity contribution is 6.30. The first-order chi connectivity index (χ1) is 6.02. The number of hydrogen-bond donors (Lipinski definition) is 2. The van der Waals surface area contributed by atoms with Gasteiger partial charge in [-0.1, -0.05) is 17.7 Å². The summed E-state index contributed by atoms with van der Waals surface area (Å²) in [5.41, 5.74) is -0.295. The highest BCUT2D eigenvalue weighted by Crippen LogP contribution is 2.20. The first-order valence-corrected chi connectivity index (χ1v) is 3.76. The first-order valence-electron chi connectivity index (χ1n) is 3.38. The zero-order chi connectivity index (χ0) is 10.0. The van der Waals surface area contributed by atoms with Gasteiger partial charge >= 0.3 is 5.97 Å². The smallest absolute Gasteiger partial charge is 0.337 e. The summed E-state index contributed by atoms with van der Waals surface area (Å²) < 4.78 is 13.0. The van der Waals surface area contributed by atoms with Gasteiger partial charge in [0.2, 0.25) is 0 Å².